The number of sulfonamides is 1. The maximum absolute atomic E-state index is 12.8. The predicted octanol–water partition coefficient (Wildman–Crippen LogP) is 1.54. The van der Waals surface area contributed by atoms with Crippen LogP contribution in [0.4, 0.5) is 0 Å². The monoisotopic (exact) mass is 335 g/mol. The van der Waals surface area contributed by atoms with E-state index in [1.54, 1.807) is 25.6 Å². The van der Waals surface area contributed by atoms with Gasteiger partial charge in [-0.15, -0.1) is 11.6 Å². The molecule has 0 bridgehead atoms. The maximum Gasteiger partial charge on any atom is 0.246 e. The lowest BCUT2D eigenvalue weighted by molar-refractivity contribution is 0.0604. The Morgan fingerprint density at radius 1 is 1.33 bits per heavy atom. The fraction of sp³-hybridized carbons (Fsp3) is 0.769. The maximum atomic E-state index is 12.8. The Bertz CT molecular complexity index is 592. The number of piperidine rings is 1. The summed E-state index contributed by atoms with van der Waals surface area (Å²) in [5, 5.41) is 4.29. The molecule has 1 aromatic rings. The van der Waals surface area contributed by atoms with E-state index < -0.39 is 10.0 Å². The van der Waals surface area contributed by atoms with Gasteiger partial charge in [-0.25, -0.2) is 8.42 Å². The molecule has 0 aromatic carbocycles. The normalized spacial score (nSPS) is 18.3. The van der Waals surface area contributed by atoms with Crippen LogP contribution >= 0.6 is 11.6 Å². The van der Waals surface area contributed by atoms with Crippen LogP contribution in [0.3, 0.4) is 0 Å². The molecular formula is C13H22ClN3O3S. The molecule has 0 aliphatic carbocycles. The lowest BCUT2D eigenvalue weighted by Crippen LogP contribution is -2.40. The van der Waals surface area contributed by atoms with Crippen molar-refractivity contribution in [1.82, 2.24) is 14.1 Å². The summed E-state index contributed by atoms with van der Waals surface area (Å²) in [6.07, 6.45) is 1.60. The van der Waals surface area contributed by atoms with Gasteiger partial charge in [-0.1, -0.05) is 0 Å². The van der Waals surface area contributed by atoms with E-state index in [0.29, 0.717) is 41.8 Å². The highest BCUT2D eigenvalue weighted by atomic mass is 35.5. The minimum atomic E-state index is -3.50. The van der Waals surface area contributed by atoms with Gasteiger partial charge < -0.3 is 4.74 Å². The first-order chi connectivity index (χ1) is 9.91. The van der Waals surface area contributed by atoms with Crippen LogP contribution in [0, 0.1) is 13.8 Å². The highest BCUT2D eigenvalue weighted by molar-refractivity contribution is 7.89. The summed E-state index contributed by atoms with van der Waals surface area (Å²) in [5.41, 5.74) is 1.19. The third kappa shape index (κ3) is 3.26. The standard InChI is InChI=1S/C13H22ClN3O3S/c1-10-13(11(2)17(15-10)9-6-14)21(18,19)16-7-4-12(20-3)5-8-16/h12H,4-9H2,1-3H3. The zero-order valence-corrected chi connectivity index (χ0v) is 14.2. The van der Waals surface area contributed by atoms with Crippen LogP contribution in [0.1, 0.15) is 24.2 Å². The Morgan fingerprint density at radius 2 is 1.95 bits per heavy atom. The highest BCUT2D eigenvalue weighted by Crippen LogP contribution is 2.26. The van der Waals surface area contributed by atoms with Crippen molar-refractivity contribution in [3.63, 3.8) is 0 Å². The van der Waals surface area contributed by atoms with Crippen LogP contribution in [0.5, 0.6) is 0 Å². The van der Waals surface area contributed by atoms with Gasteiger partial charge in [-0.2, -0.15) is 9.40 Å². The third-order valence-electron chi connectivity index (χ3n) is 3.94. The molecule has 1 aromatic heterocycles. The van der Waals surface area contributed by atoms with Crippen LogP contribution in [-0.2, 0) is 21.3 Å². The molecule has 2 rings (SSSR count). The summed E-state index contributed by atoms with van der Waals surface area (Å²) < 4.78 is 34.2. The molecule has 21 heavy (non-hydrogen) atoms. The fourth-order valence-corrected chi connectivity index (χ4v) is 4.79. The third-order valence-corrected chi connectivity index (χ3v) is 6.26. The number of alkyl halides is 1. The lowest BCUT2D eigenvalue weighted by atomic mass is 10.1. The van der Waals surface area contributed by atoms with Crippen molar-refractivity contribution in [2.75, 3.05) is 26.1 Å². The number of nitrogens with zero attached hydrogens (tertiary/aromatic N) is 3. The predicted molar refractivity (Wildman–Crippen MR) is 81.2 cm³/mol. The van der Waals surface area contributed by atoms with Gasteiger partial charge in [-0.3, -0.25) is 4.68 Å². The van der Waals surface area contributed by atoms with E-state index in [-0.39, 0.29) is 6.10 Å². The van der Waals surface area contributed by atoms with E-state index in [2.05, 4.69) is 5.10 Å². The first-order valence-corrected chi connectivity index (χ1v) is 9.02. The second-order valence-corrected chi connectivity index (χ2v) is 7.50. The fourth-order valence-electron chi connectivity index (χ4n) is 2.79. The molecule has 120 valence electrons. The Morgan fingerprint density at radius 3 is 2.48 bits per heavy atom. The summed E-state index contributed by atoms with van der Waals surface area (Å²) in [5.74, 6) is 0.403. The molecule has 8 heteroatoms. The van der Waals surface area contributed by atoms with E-state index >= 15 is 0 Å². The molecule has 1 fully saturated rings. The number of halogens is 1. The minimum Gasteiger partial charge on any atom is -0.381 e. The average Bonchev–Trinajstić information content (AvgIpc) is 2.74. The number of rotatable bonds is 5. The summed E-state index contributed by atoms with van der Waals surface area (Å²) in [6, 6.07) is 0. The lowest BCUT2D eigenvalue weighted by Gasteiger charge is -2.30. The molecule has 6 nitrogen and oxygen atoms in total. The van der Waals surface area contributed by atoms with Crippen LogP contribution < -0.4 is 0 Å². The van der Waals surface area contributed by atoms with E-state index in [9.17, 15) is 8.42 Å². The van der Waals surface area contributed by atoms with E-state index in [4.69, 9.17) is 16.3 Å². The molecule has 0 spiro atoms. The highest BCUT2D eigenvalue weighted by Gasteiger charge is 2.33. The van der Waals surface area contributed by atoms with E-state index in [1.807, 2.05) is 0 Å². The summed E-state index contributed by atoms with van der Waals surface area (Å²) in [7, 11) is -1.84. The topological polar surface area (TPSA) is 64.4 Å². The number of hydrogen-bond donors (Lipinski definition) is 0. The summed E-state index contributed by atoms with van der Waals surface area (Å²) >= 11 is 5.73. The minimum absolute atomic E-state index is 0.151. The van der Waals surface area contributed by atoms with Gasteiger partial charge in [0.05, 0.1) is 24.0 Å². The van der Waals surface area contributed by atoms with Crippen LogP contribution in [0.25, 0.3) is 0 Å². The largest absolute Gasteiger partial charge is 0.381 e. The van der Waals surface area contributed by atoms with Crippen LogP contribution in [0.15, 0.2) is 4.90 Å². The van der Waals surface area contributed by atoms with Crippen molar-refractivity contribution in [1.29, 1.82) is 0 Å². The number of hydrogen-bond acceptors (Lipinski definition) is 4. The number of methoxy groups -OCH3 is 1. The molecule has 0 saturated carbocycles. The molecule has 1 saturated heterocycles. The quantitative estimate of drug-likeness (QED) is 0.766. The molecule has 0 radical (unpaired) electrons. The zero-order chi connectivity index (χ0) is 15.6. The molecule has 0 N–H and O–H groups in total. The molecule has 1 aliphatic heterocycles. The molecule has 0 unspecified atom stereocenters. The van der Waals surface area contributed by atoms with E-state index in [1.165, 1.54) is 4.31 Å². The number of aromatic nitrogens is 2. The van der Waals surface area contributed by atoms with Gasteiger partial charge in [0.2, 0.25) is 10.0 Å². The van der Waals surface area contributed by atoms with Gasteiger partial charge in [0.25, 0.3) is 0 Å². The number of aryl methyl sites for hydroxylation is 2. The van der Waals surface area contributed by atoms with Crippen molar-refractivity contribution in [2.45, 2.75) is 44.2 Å². The molecule has 0 amide bonds. The second kappa shape index (κ2) is 6.64. The molecule has 0 atom stereocenters. The molecule has 2 heterocycles. The van der Waals surface area contributed by atoms with E-state index in [0.717, 1.165) is 12.8 Å². The first-order valence-electron chi connectivity index (χ1n) is 7.04. The van der Waals surface area contributed by atoms with Crippen LogP contribution in [-0.4, -0.2) is 54.7 Å². The van der Waals surface area contributed by atoms with Crippen molar-refractivity contribution in [3.8, 4) is 0 Å². The molecular weight excluding hydrogens is 314 g/mol. The van der Waals surface area contributed by atoms with Gasteiger partial charge >= 0.3 is 0 Å². The van der Waals surface area contributed by atoms with Crippen molar-refractivity contribution >= 4 is 21.6 Å². The SMILES string of the molecule is COC1CCN(S(=O)(=O)c2c(C)nn(CCCl)c2C)CC1. The van der Waals surface area contributed by atoms with Crippen molar-refractivity contribution in [2.24, 2.45) is 0 Å². The Labute approximate surface area is 131 Å². The number of ether oxygens (including phenoxy) is 1. The molecule has 1 aliphatic rings. The van der Waals surface area contributed by atoms with Crippen molar-refractivity contribution in [3.05, 3.63) is 11.4 Å². The zero-order valence-electron chi connectivity index (χ0n) is 12.7. The van der Waals surface area contributed by atoms with Gasteiger partial charge in [0, 0.05) is 26.1 Å². The summed E-state index contributed by atoms with van der Waals surface area (Å²) in [6.45, 7) is 4.99. The average molecular weight is 336 g/mol. The Balaban J connectivity index is 2.28. The smallest absolute Gasteiger partial charge is 0.246 e. The van der Waals surface area contributed by atoms with Crippen LogP contribution in [0.2, 0.25) is 0 Å². The second-order valence-electron chi connectivity index (χ2n) is 5.25. The van der Waals surface area contributed by atoms with Gasteiger partial charge in [-0.05, 0) is 26.7 Å². The Kier molecular flexibility index (Phi) is 5.29. The van der Waals surface area contributed by atoms with Gasteiger partial charge in [0.1, 0.15) is 4.90 Å². The Hall–Kier alpha value is -0.630. The summed E-state index contributed by atoms with van der Waals surface area (Å²) in [4.78, 5) is 0.323. The van der Waals surface area contributed by atoms with Gasteiger partial charge in [0.15, 0.2) is 0 Å². The first kappa shape index (κ1) is 16.7. The van der Waals surface area contributed by atoms with Crippen molar-refractivity contribution < 1.29 is 13.2 Å².